The number of hydrogen-bond acceptors (Lipinski definition) is 2. The van der Waals surface area contributed by atoms with E-state index in [0.29, 0.717) is 0 Å². The van der Waals surface area contributed by atoms with Crippen LogP contribution in [0.3, 0.4) is 0 Å². The van der Waals surface area contributed by atoms with Crippen molar-refractivity contribution in [2.24, 2.45) is 5.84 Å². The van der Waals surface area contributed by atoms with E-state index in [1.807, 2.05) is 12.1 Å². The SMILES string of the molecule is NNc1cccc(-c2cccc3ccccc23)c1. The maximum atomic E-state index is 5.46. The Kier molecular flexibility index (Phi) is 2.71. The summed E-state index contributed by atoms with van der Waals surface area (Å²) in [6, 6.07) is 22.9. The fourth-order valence-electron chi connectivity index (χ4n) is 2.25. The Morgan fingerprint density at radius 3 is 2.44 bits per heavy atom. The molecule has 2 nitrogen and oxygen atoms in total. The van der Waals surface area contributed by atoms with Gasteiger partial charge in [-0.25, -0.2) is 0 Å². The zero-order chi connectivity index (χ0) is 12.4. The maximum absolute atomic E-state index is 5.46. The van der Waals surface area contributed by atoms with Crippen molar-refractivity contribution in [3.63, 3.8) is 0 Å². The number of hydrogen-bond donors (Lipinski definition) is 2. The van der Waals surface area contributed by atoms with Crippen molar-refractivity contribution >= 4 is 16.5 Å². The maximum Gasteiger partial charge on any atom is 0.0491 e. The van der Waals surface area contributed by atoms with Gasteiger partial charge >= 0.3 is 0 Å². The molecule has 0 aliphatic heterocycles. The Hall–Kier alpha value is -2.32. The first-order valence-electron chi connectivity index (χ1n) is 5.93. The third kappa shape index (κ3) is 1.83. The van der Waals surface area contributed by atoms with Crippen molar-refractivity contribution in [3.05, 3.63) is 66.7 Å². The van der Waals surface area contributed by atoms with Crippen molar-refractivity contribution < 1.29 is 0 Å². The zero-order valence-electron chi connectivity index (χ0n) is 9.93. The first-order chi connectivity index (χ1) is 8.88. The number of nitrogens with two attached hydrogens (primary N) is 1. The van der Waals surface area contributed by atoms with Gasteiger partial charge in [0.15, 0.2) is 0 Å². The fraction of sp³-hybridized carbons (Fsp3) is 0. The third-order valence-corrected chi connectivity index (χ3v) is 3.13. The van der Waals surface area contributed by atoms with Crippen LogP contribution in [-0.4, -0.2) is 0 Å². The van der Waals surface area contributed by atoms with Crippen LogP contribution < -0.4 is 11.3 Å². The third-order valence-electron chi connectivity index (χ3n) is 3.13. The van der Waals surface area contributed by atoms with E-state index in [4.69, 9.17) is 5.84 Å². The van der Waals surface area contributed by atoms with Crippen LogP contribution >= 0.6 is 0 Å². The zero-order valence-corrected chi connectivity index (χ0v) is 9.93. The molecule has 2 heteroatoms. The lowest BCUT2D eigenvalue weighted by molar-refractivity contribution is 1.35. The summed E-state index contributed by atoms with van der Waals surface area (Å²) >= 11 is 0. The highest BCUT2D eigenvalue weighted by Gasteiger charge is 2.03. The molecule has 3 aromatic rings. The first-order valence-corrected chi connectivity index (χ1v) is 5.93. The van der Waals surface area contributed by atoms with Crippen LogP contribution in [0.2, 0.25) is 0 Å². The van der Waals surface area contributed by atoms with E-state index in [9.17, 15) is 0 Å². The lowest BCUT2D eigenvalue weighted by Crippen LogP contribution is -2.06. The van der Waals surface area contributed by atoms with Gasteiger partial charge < -0.3 is 5.43 Å². The van der Waals surface area contributed by atoms with Crippen molar-refractivity contribution in [2.75, 3.05) is 5.43 Å². The van der Waals surface area contributed by atoms with Gasteiger partial charge in [0.25, 0.3) is 0 Å². The van der Waals surface area contributed by atoms with Gasteiger partial charge in [0.1, 0.15) is 0 Å². The van der Waals surface area contributed by atoms with E-state index in [0.717, 1.165) is 5.69 Å². The van der Waals surface area contributed by atoms with E-state index in [2.05, 4.69) is 60.0 Å². The van der Waals surface area contributed by atoms with Gasteiger partial charge in [-0.1, -0.05) is 54.6 Å². The van der Waals surface area contributed by atoms with E-state index in [1.54, 1.807) is 0 Å². The second kappa shape index (κ2) is 4.51. The number of anilines is 1. The highest BCUT2D eigenvalue weighted by molar-refractivity contribution is 5.96. The number of hydrazine groups is 1. The minimum absolute atomic E-state index is 0.917. The molecule has 0 bridgehead atoms. The van der Waals surface area contributed by atoms with Crippen LogP contribution in [0.1, 0.15) is 0 Å². The topological polar surface area (TPSA) is 38.0 Å². The van der Waals surface area contributed by atoms with E-state index in [1.165, 1.54) is 21.9 Å². The number of nitrogen functional groups attached to an aromatic ring is 1. The molecule has 0 saturated heterocycles. The molecule has 0 heterocycles. The molecule has 0 radical (unpaired) electrons. The predicted octanol–water partition coefficient (Wildman–Crippen LogP) is 3.79. The number of benzene rings is 3. The molecule has 0 saturated carbocycles. The quantitative estimate of drug-likeness (QED) is 0.523. The molecular weight excluding hydrogens is 220 g/mol. The van der Waals surface area contributed by atoms with Crippen LogP contribution in [0, 0.1) is 0 Å². The lowest BCUT2D eigenvalue weighted by atomic mass is 9.98. The second-order valence-electron chi connectivity index (χ2n) is 4.25. The van der Waals surface area contributed by atoms with Gasteiger partial charge in [-0.2, -0.15) is 0 Å². The van der Waals surface area contributed by atoms with Crippen LogP contribution in [0.4, 0.5) is 5.69 Å². The average molecular weight is 234 g/mol. The first kappa shape index (κ1) is 10.8. The van der Waals surface area contributed by atoms with Crippen molar-refractivity contribution in [1.29, 1.82) is 0 Å². The van der Waals surface area contributed by atoms with Crippen LogP contribution in [0.25, 0.3) is 21.9 Å². The summed E-state index contributed by atoms with van der Waals surface area (Å²) in [6.07, 6.45) is 0. The largest absolute Gasteiger partial charge is 0.324 e. The van der Waals surface area contributed by atoms with Crippen LogP contribution in [0.15, 0.2) is 66.7 Å². The fourth-order valence-corrected chi connectivity index (χ4v) is 2.25. The standard InChI is InChI=1S/C16H14N2/c17-18-14-8-3-7-13(11-14)16-10-4-6-12-5-1-2-9-15(12)16/h1-11,18H,17H2. The average Bonchev–Trinajstić information content (AvgIpc) is 2.47. The lowest BCUT2D eigenvalue weighted by Gasteiger charge is -2.08. The Morgan fingerprint density at radius 1 is 0.778 bits per heavy atom. The number of rotatable bonds is 2. The van der Waals surface area contributed by atoms with E-state index >= 15 is 0 Å². The molecule has 0 spiro atoms. The molecule has 0 unspecified atom stereocenters. The minimum atomic E-state index is 0.917. The Bertz CT molecular complexity index is 684. The summed E-state index contributed by atoms with van der Waals surface area (Å²) < 4.78 is 0. The van der Waals surface area contributed by atoms with Gasteiger partial charge in [-0.15, -0.1) is 0 Å². The molecular formula is C16H14N2. The van der Waals surface area contributed by atoms with E-state index < -0.39 is 0 Å². The van der Waals surface area contributed by atoms with Crippen LogP contribution in [-0.2, 0) is 0 Å². The molecule has 0 aliphatic carbocycles. The monoisotopic (exact) mass is 234 g/mol. The van der Waals surface area contributed by atoms with Gasteiger partial charge in [-0.05, 0) is 34.0 Å². The summed E-state index contributed by atoms with van der Waals surface area (Å²) in [5.74, 6) is 5.46. The number of nitrogens with one attached hydrogen (secondary N) is 1. The van der Waals surface area contributed by atoms with Crippen LogP contribution in [0.5, 0.6) is 0 Å². The highest BCUT2D eigenvalue weighted by atomic mass is 15.2. The van der Waals surface area contributed by atoms with Crippen molar-refractivity contribution in [1.82, 2.24) is 0 Å². The molecule has 3 N–H and O–H groups in total. The summed E-state index contributed by atoms with van der Waals surface area (Å²) in [7, 11) is 0. The summed E-state index contributed by atoms with van der Waals surface area (Å²) in [5.41, 5.74) is 6.00. The molecule has 0 amide bonds. The predicted molar refractivity (Wildman–Crippen MR) is 77.2 cm³/mol. The van der Waals surface area contributed by atoms with Gasteiger partial charge in [0.05, 0.1) is 0 Å². The molecule has 3 aromatic carbocycles. The van der Waals surface area contributed by atoms with Crippen molar-refractivity contribution in [3.8, 4) is 11.1 Å². The normalized spacial score (nSPS) is 10.5. The Morgan fingerprint density at radius 2 is 1.56 bits per heavy atom. The number of fused-ring (bicyclic) bond motifs is 1. The van der Waals surface area contributed by atoms with Gasteiger partial charge in [0, 0.05) is 5.69 Å². The smallest absolute Gasteiger partial charge is 0.0491 e. The molecule has 88 valence electrons. The second-order valence-corrected chi connectivity index (χ2v) is 4.25. The Labute approximate surface area is 106 Å². The summed E-state index contributed by atoms with van der Waals surface area (Å²) in [6.45, 7) is 0. The molecule has 18 heavy (non-hydrogen) atoms. The molecule has 0 fully saturated rings. The Balaban J connectivity index is 2.24. The molecule has 0 atom stereocenters. The van der Waals surface area contributed by atoms with Gasteiger partial charge in [-0.3, -0.25) is 5.84 Å². The minimum Gasteiger partial charge on any atom is -0.324 e. The summed E-state index contributed by atoms with van der Waals surface area (Å²) in [5, 5.41) is 2.51. The van der Waals surface area contributed by atoms with E-state index in [-0.39, 0.29) is 0 Å². The molecule has 3 rings (SSSR count). The summed E-state index contributed by atoms with van der Waals surface area (Å²) in [4.78, 5) is 0. The molecule has 0 aromatic heterocycles. The van der Waals surface area contributed by atoms with Crippen molar-refractivity contribution in [2.45, 2.75) is 0 Å². The molecule has 0 aliphatic rings. The van der Waals surface area contributed by atoms with Gasteiger partial charge in [0.2, 0.25) is 0 Å². The highest BCUT2D eigenvalue weighted by Crippen LogP contribution is 2.29.